The molecule has 6 aromatic carbocycles. The van der Waals surface area contributed by atoms with E-state index >= 15 is 0 Å². The first-order valence-electron chi connectivity index (χ1n) is 28.0. The minimum Gasteiger partial charge on any atom is -0.324 e. The zero-order chi connectivity index (χ0) is 56.5. The van der Waals surface area contributed by atoms with Crippen molar-refractivity contribution < 1.29 is 32.6 Å². The second-order valence-corrected chi connectivity index (χ2v) is 22.4. The van der Waals surface area contributed by atoms with Gasteiger partial charge in [0, 0.05) is 81.9 Å². The fourth-order valence-corrected chi connectivity index (χ4v) is 10.7. The van der Waals surface area contributed by atoms with Crippen molar-refractivity contribution in [2.75, 3.05) is 6.16 Å². The Morgan fingerprint density at radius 2 is 0.566 bits per heavy atom. The molecule has 0 spiro atoms. The highest BCUT2D eigenvalue weighted by molar-refractivity contribution is 7.51. The van der Waals surface area contributed by atoms with Crippen LogP contribution >= 0.6 is 7.60 Å². The summed E-state index contributed by atoms with van der Waals surface area (Å²) in [6.45, 7) is 5.12. The highest BCUT2D eigenvalue weighted by atomic mass is 31.2. The molecule has 12 aromatic rings. The lowest BCUT2D eigenvalue weighted by Gasteiger charge is -2.11. The van der Waals surface area contributed by atoms with Crippen molar-refractivity contribution in [2.24, 2.45) is 0 Å². The lowest BCUT2D eigenvalue weighted by molar-refractivity contribution is -0.726. The van der Waals surface area contributed by atoms with Gasteiger partial charge in [-0.2, -0.15) is 0 Å². The first-order valence-corrected chi connectivity index (χ1v) is 29.8. The van der Waals surface area contributed by atoms with Gasteiger partial charge in [-0.05, 0) is 63.6 Å². The lowest BCUT2D eigenvalue weighted by Crippen LogP contribution is -2.38. The quantitative estimate of drug-likeness (QED) is 0.0648. The second-order valence-electron chi connectivity index (χ2n) is 20.6. The molecule has 2 N–H and O–H groups in total. The normalized spacial score (nSPS) is 11.4. The van der Waals surface area contributed by atoms with Crippen molar-refractivity contribution in [3.63, 3.8) is 0 Å². The molecular weight excluding hydrogens is 1040 g/mol. The molecule has 0 aliphatic rings. The third-order valence-electron chi connectivity index (χ3n) is 15.0. The average Bonchev–Trinajstić information content (AvgIpc) is 3.75. The first-order chi connectivity index (χ1) is 40.6. The molecule has 6 heterocycles. The van der Waals surface area contributed by atoms with E-state index in [4.69, 9.17) is 19.9 Å². The number of benzene rings is 6. The van der Waals surface area contributed by atoms with E-state index in [-0.39, 0.29) is 12.7 Å². The van der Waals surface area contributed by atoms with Gasteiger partial charge in [-0.15, -0.1) is 0 Å². The summed E-state index contributed by atoms with van der Waals surface area (Å²) in [5.74, 6) is 1.35. The van der Waals surface area contributed by atoms with Crippen LogP contribution in [0.2, 0.25) is 0 Å². The summed E-state index contributed by atoms with van der Waals surface area (Å²) in [6.07, 6.45) is 17.4. The summed E-state index contributed by atoms with van der Waals surface area (Å²) in [5.41, 5.74) is 18.3. The van der Waals surface area contributed by atoms with Crippen molar-refractivity contribution in [3.8, 4) is 112 Å². The Balaban J connectivity index is 0.676. The maximum Gasteiger partial charge on any atom is 0.331 e. The Morgan fingerprint density at radius 3 is 0.843 bits per heavy atom. The molecule has 0 aliphatic carbocycles. The van der Waals surface area contributed by atoms with E-state index < -0.39 is 7.60 Å². The van der Waals surface area contributed by atoms with E-state index in [1.165, 1.54) is 11.1 Å². The van der Waals surface area contributed by atoms with E-state index in [0.29, 0.717) is 11.6 Å². The van der Waals surface area contributed by atoms with Crippen molar-refractivity contribution in [1.29, 1.82) is 0 Å². The summed E-state index contributed by atoms with van der Waals surface area (Å²) < 4.78 is 19.8. The number of hydrogen-bond donors (Lipinski definition) is 2. The summed E-state index contributed by atoms with van der Waals surface area (Å²) in [5, 5.41) is 0. The van der Waals surface area contributed by atoms with Crippen LogP contribution in [0.4, 0.5) is 0 Å². The van der Waals surface area contributed by atoms with Crippen molar-refractivity contribution in [1.82, 2.24) is 19.9 Å². The van der Waals surface area contributed by atoms with E-state index in [9.17, 15) is 14.4 Å². The zero-order valence-corrected chi connectivity index (χ0v) is 46.9. The maximum absolute atomic E-state index is 11.4. The molecule has 0 aliphatic heterocycles. The molecule has 83 heavy (non-hydrogen) atoms. The topological polar surface area (TPSA) is 125 Å². The monoisotopic (exact) mass is 1100 g/mol. The first kappa shape index (κ1) is 53.9. The molecule has 0 fully saturated rings. The third-order valence-corrected chi connectivity index (χ3v) is 15.8. The number of aromatic nitrogens is 8. The van der Waals surface area contributed by atoms with E-state index in [1.807, 2.05) is 79.1 Å². The van der Waals surface area contributed by atoms with E-state index in [0.717, 1.165) is 116 Å². The van der Waals surface area contributed by atoms with Crippen LogP contribution in [0.1, 0.15) is 13.3 Å². The number of nitrogens with zero attached hydrogens (tertiary/aromatic N) is 8. The Kier molecular flexibility index (Phi) is 15.9. The minimum absolute atomic E-state index is 0.201. The van der Waals surface area contributed by atoms with Crippen LogP contribution in [0.5, 0.6) is 0 Å². The van der Waals surface area contributed by atoms with Gasteiger partial charge < -0.3 is 9.79 Å². The van der Waals surface area contributed by atoms with Gasteiger partial charge in [-0.3, -0.25) is 4.57 Å². The van der Waals surface area contributed by atoms with Crippen LogP contribution in [0.3, 0.4) is 0 Å². The van der Waals surface area contributed by atoms with Gasteiger partial charge in [-0.1, -0.05) is 158 Å². The number of aryl methyl sites for hydroxylation is 4. The molecule has 404 valence electrons. The van der Waals surface area contributed by atoms with Crippen LogP contribution in [-0.4, -0.2) is 35.9 Å². The van der Waals surface area contributed by atoms with Gasteiger partial charge in [0.2, 0.25) is 0 Å². The van der Waals surface area contributed by atoms with Crippen LogP contribution in [0.25, 0.3) is 112 Å². The van der Waals surface area contributed by atoms with Crippen LogP contribution in [0, 0.1) is 0 Å². The van der Waals surface area contributed by atoms with Crippen LogP contribution < -0.4 is 18.3 Å². The molecule has 6 aromatic heterocycles. The van der Waals surface area contributed by atoms with Crippen molar-refractivity contribution in [2.45, 2.75) is 39.5 Å². The third kappa shape index (κ3) is 13.2. The predicted molar refractivity (Wildman–Crippen MR) is 326 cm³/mol. The van der Waals surface area contributed by atoms with Gasteiger partial charge >= 0.3 is 7.60 Å². The number of rotatable bonds is 18. The zero-order valence-electron chi connectivity index (χ0n) is 46.0. The van der Waals surface area contributed by atoms with Gasteiger partial charge in [0.05, 0.1) is 29.2 Å². The summed E-state index contributed by atoms with van der Waals surface area (Å²) in [6, 6.07) is 75.5. The number of hydrogen-bond acceptors (Lipinski definition) is 5. The van der Waals surface area contributed by atoms with E-state index in [2.05, 4.69) is 209 Å². The number of pyridine rings is 4. The molecule has 0 saturated carbocycles. The molecule has 11 nitrogen and oxygen atoms in total. The standard InChI is InChI=1S/C71H59N8O3P/c1-2-76-40-30-56(31-41-76)52-14-22-60(23-15-52)66-50-67(73-70(72-66)64-10-5-3-6-11-64)61-24-16-53(17-25-61)57-32-42-77(43-33-57)38-9-39-78-44-34-58(35-45-78)54-18-26-62(27-19-54)68-51-69(75-71(74-68)65-12-7-4-8-13-65)63-28-20-55(21-29-63)59-36-46-79(47-37-59)48-49-83(80,81)82/h3-8,10-37,40-47,50-51H,2,9,38-39,48-49H2,1H3/q+2/p+2. The Morgan fingerprint density at radius 1 is 0.313 bits per heavy atom. The molecule has 0 unspecified atom stereocenters. The minimum atomic E-state index is -4.07. The average molecular weight is 1110 g/mol. The lowest BCUT2D eigenvalue weighted by atomic mass is 10.0. The largest absolute Gasteiger partial charge is 0.331 e. The Bertz CT molecular complexity index is 4190. The molecule has 12 rings (SSSR count). The molecule has 0 atom stereocenters. The molecule has 0 amide bonds. The van der Waals surface area contributed by atoms with Gasteiger partial charge in [0.1, 0.15) is 12.7 Å². The molecule has 0 bridgehead atoms. The van der Waals surface area contributed by atoms with Crippen LogP contribution in [0.15, 0.2) is 268 Å². The smallest absolute Gasteiger partial charge is 0.324 e. The van der Waals surface area contributed by atoms with Gasteiger partial charge in [-0.25, -0.2) is 38.2 Å². The van der Waals surface area contributed by atoms with E-state index in [1.54, 1.807) is 4.57 Å². The fraction of sp³-hybridized carbons (Fsp3) is 0.0986. The van der Waals surface area contributed by atoms with Crippen LogP contribution in [-0.2, 0) is 30.7 Å². The van der Waals surface area contributed by atoms with Gasteiger partial charge in [0.15, 0.2) is 80.9 Å². The summed E-state index contributed by atoms with van der Waals surface area (Å²) in [4.78, 5) is 38.8. The SMILES string of the molecule is CC[n+]1ccc(-c2ccc(-c3cc(-c4ccc(-c5cc[n+](CCC[n+]6ccc(-c7ccc(-c8cc(-c9ccc(-c%10cc[n+](CCP(=O)(O)O)cc%10)cc9)nc(-c9ccccc9)n8)cc7)cc6)cc5)cc4)nc(-c4ccccc4)n3)cc2)cc1. The van der Waals surface area contributed by atoms with Crippen molar-refractivity contribution >= 4 is 7.60 Å². The molecular formula is C71H61N8O3P+4. The predicted octanol–water partition coefficient (Wildman–Crippen LogP) is 13.4. The van der Waals surface area contributed by atoms with Gasteiger partial charge in [0.25, 0.3) is 0 Å². The molecule has 12 heteroatoms. The van der Waals surface area contributed by atoms with Crippen molar-refractivity contribution in [3.05, 3.63) is 268 Å². The second kappa shape index (κ2) is 24.5. The summed E-state index contributed by atoms with van der Waals surface area (Å²) in [7, 11) is -4.07. The Labute approximate surface area is 483 Å². The highest BCUT2D eigenvalue weighted by Gasteiger charge is 2.18. The molecule has 0 radical (unpaired) electrons. The maximum atomic E-state index is 11.4. The highest BCUT2D eigenvalue weighted by Crippen LogP contribution is 2.35. The fourth-order valence-electron chi connectivity index (χ4n) is 10.2. The summed E-state index contributed by atoms with van der Waals surface area (Å²) >= 11 is 0. The molecule has 0 saturated heterocycles. The Hall–Kier alpha value is -9.77.